The number of piperidine rings is 1. The highest BCUT2D eigenvalue weighted by molar-refractivity contribution is 8.93. The molecule has 1 heterocycles. The Morgan fingerprint density at radius 3 is 2.40 bits per heavy atom. The van der Waals surface area contributed by atoms with E-state index in [-0.39, 0.29) is 22.7 Å². The van der Waals surface area contributed by atoms with Gasteiger partial charge in [-0.3, -0.25) is 4.79 Å². The topological polar surface area (TPSA) is 40.5 Å². The first-order chi connectivity index (χ1) is 11.6. The number of rotatable bonds is 9. The van der Waals surface area contributed by atoms with Crippen LogP contribution in [0.15, 0.2) is 24.3 Å². The number of hydrogen-bond acceptors (Lipinski definition) is 3. The molecule has 2 rings (SSSR count). The minimum atomic E-state index is -0.397. The van der Waals surface area contributed by atoms with E-state index in [2.05, 4.69) is 11.8 Å². The van der Waals surface area contributed by atoms with Crippen molar-refractivity contribution in [3.63, 3.8) is 0 Å². The number of aromatic hydroxyl groups is 1. The van der Waals surface area contributed by atoms with Crippen molar-refractivity contribution in [3.8, 4) is 5.75 Å². The molecule has 0 bridgehead atoms. The molecule has 0 amide bonds. The van der Waals surface area contributed by atoms with Crippen LogP contribution in [0.4, 0.5) is 0 Å². The van der Waals surface area contributed by atoms with E-state index >= 15 is 0 Å². The Kier molecular flexibility index (Phi) is 9.73. The third kappa shape index (κ3) is 5.82. The van der Waals surface area contributed by atoms with E-state index in [1.807, 2.05) is 19.1 Å². The van der Waals surface area contributed by atoms with Crippen molar-refractivity contribution in [1.29, 1.82) is 0 Å². The Bertz CT molecular complexity index is 524. The molecule has 1 aromatic rings. The lowest BCUT2D eigenvalue weighted by Crippen LogP contribution is -2.47. The number of benzene rings is 1. The van der Waals surface area contributed by atoms with E-state index in [1.54, 1.807) is 12.1 Å². The number of unbranched alkanes of at least 4 members (excludes halogenated alkanes) is 4. The average Bonchev–Trinajstić information content (AvgIpc) is 2.61. The average molecular weight is 412 g/mol. The van der Waals surface area contributed by atoms with Gasteiger partial charge in [0.25, 0.3) is 0 Å². The number of nitrogens with zero attached hydrogens (tertiary/aromatic N) is 1. The Balaban J connectivity index is 0.00000312. The first kappa shape index (κ1) is 22.2. The first-order valence-electron chi connectivity index (χ1n) is 9.67. The largest absolute Gasteiger partial charge is 0.508 e. The second-order valence-corrected chi connectivity index (χ2v) is 7.17. The quantitative estimate of drug-likeness (QED) is 0.563. The van der Waals surface area contributed by atoms with Gasteiger partial charge in [0.1, 0.15) is 11.5 Å². The summed E-state index contributed by atoms with van der Waals surface area (Å²) in [5.74, 6) is 0.574. The highest BCUT2D eigenvalue weighted by Crippen LogP contribution is 2.38. The van der Waals surface area contributed by atoms with Gasteiger partial charge in [0, 0.05) is 6.42 Å². The molecule has 0 aliphatic carbocycles. The van der Waals surface area contributed by atoms with Gasteiger partial charge in [-0.05, 0) is 56.6 Å². The van der Waals surface area contributed by atoms with E-state index in [0.29, 0.717) is 12.2 Å². The lowest BCUT2D eigenvalue weighted by molar-refractivity contribution is -0.126. The minimum Gasteiger partial charge on any atom is -0.508 e. The zero-order valence-electron chi connectivity index (χ0n) is 15.8. The number of phenols is 1. The molecule has 3 nitrogen and oxygen atoms in total. The predicted molar refractivity (Wildman–Crippen MR) is 110 cm³/mol. The summed E-state index contributed by atoms with van der Waals surface area (Å²) in [7, 11) is 0. The van der Waals surface area contributed by atoms with Gasteiger partial charge in [0.05, 0.1) is 5.41 Å². The number of halogens is 1. The molecule has 25 heavy (non-hydrogen) atoms. The van der Waals surface area contributed by atoms with Gasteiger partial charge in [-0.15, -0.1) is 17.0 Å². The van der Waals surface area contributed by atoms with E-state index in [9.17, 15) is 9.90 Å². The van der Waals surface area contributed by atoms with Crippen molar-refractivity contribution in [2.45, 2.75) is 70.6 Å². The van der Waals surface area contributed by atoms with Crippen LogP contribution in [0.2, 0.25) is 0 Å². The summed E-state index contributed by atoms with van der Waals surface area (Å²) in [5, 5.41) is 9.83. The van der Waals surface area contributed by atoms with Gasteiger partial charge in [0.2, 0.25) is 0 Å². The molecule has 142 valence electrons. The number of likely N-dealkylation sites (tertiary alicyclic amines) is 1. The van der Waals surface area contributed by atoms with Crippen LogP contribution in [0.5, 0.6) is 5.75 Å². The van der Waals surface area contributed by atoms with Crippen molar-refractivity contribution in [3.05, 3.63) is 29.8 Å². The van der Waals surface area contributed by atoms with E-state index in [0.717, 1.165) is 38.0 Å². The van der Waals surface area contributed by atoms with Gasteiger partial charge in [0.15, 0.2) is 0 Å². The predicted octanol–water partition coefficient (Wildman–Crippen LogP) is 5.25. The maximum atomic E-state index is 12.7. The third-order valence-corrected chi connectivity index (χ3v) is 5.54. The molecule has 1 N–H and O–H groups in total. The summed E-state index contributed by atoms with van der Waals surface area (Å²) in [4.78, 5) is 15.2. The molecule has 1 aromatic carbocycles. The molecular weight excluding hydrogens is 378 g/mol. The summed E-state index contributed by atoms with van der Waals surface area (Å²) in [6.07, 6.45) is 8.85. The highest BCUT2D eigenvalue weighted by atomic mass is 79.9. The van der Waals surface area contributed by atoms with Gasteiger partial charge in [-0.2, -0.15) is 0 Å². The molecule has 0 radical (unpaired) electrons. The molecule has 1 aliphatic heterocycles. The maximum Gasteiger partial charge on any atom is 0.143 e. The summed E-state index contributed by atoms with van der Waals surface area (Å²) < 4.78 is 0. The molecule has 0 aromatic heterocycles. The lowest BCUT2D eigenvalue weighted by atomic mass is 9.69. The molecule has 0 spiro atoms. The Labute approximate surface area is 163 Å². The van der Waals surface area contributed by atoms with E-state index in [1.165, 1.54) is 32.1 Å². The van der Waals surface area contributed by atoms with Crippen molar-refractivity contribution in [2.24, 2.45) is 0 Å². The number of ketones is 1. The Morgan fingerprint density at radius 2 is 1.80 bits per heavy atom. The number of carbonyl (C=O) groups is 1. The van der Waals surface area contributed by atoms with Crippen LogP contribution < -0.4 is 0 Å². The Hall–Kier alpha value is -0.870. The molecule has 1 fully saturated rings. The number of carbonyl (C=O) groups excluding carboxylic acids is 1. The van der Waals surface area contributed by atoms with Crippen LogP contribution in [0.25, 0.3) is 0 Å². The molecular formula is C21H34BrNO2. The molecule has 0 saturated carbocycles. The number of hydrogen-bond donors (Lipinski definition) is 1. The van der Waals surface area contributed by atoms with Crippen LogP contribution in [0, 0.1) is 0 Å². The second kappa shape index (κ2) is 11.0. The zero-order chi connectivity index (χ0) is 17.4. The fourth-order valence-electron chi connectivity index (χ4n) is 3.97. The SMILES string of the molecule is Br.CCCCCCCN1CCC(C(=O)CC)(c2cccc(O)c2)CC1. The van der Waals surface area contributed by atoms with Gasteiger partial charge in [-0.1, -0.05) is 51.7 Å². The molecule has 0 atom stereocenters. The summed E-state index contributed by atoms with van der Waals surface area (Å²) in [6.45, 7) is 7.31. The fraction of sp³-hybridized carbons (Fsp3) is 0.667. The van der Waals surface area contributed by atoms with Crippen LogP contribution in [-0.2, 0) is 10.2 Å². The normalized spacial score (nSPS) is 17.0. The number of Topliss-reactive ketones (excluding diaryl/α,β-unsaturated/α-hetero) is 1. The van der Waals surface area contributed by atoms with E-state index in [4.69, 9.17) is 0 Å². The summed E-state index contributed by atoms with van der Waals surface area (Å²) in [6, 6.07) is 7.33. The zero-order valence-corrected chi connectivity index (χ0v) is 17.5. The molecule has 0 unspecified atom stereocenters. The Morgan fingerprint density at radius 1 is 1.12 bits per heavy atom. The lowest BCUT2D eigenvalue weighted by Gasteiger charge is -2.41. The second-order valence-electron chi connectivity index (χ2n) is 7.17. The fourth-order valence-corrected chi connectivity index (χ4v) is 3.97. The molecule has 1 aliphatic rings. The van der Waals surface area contributed by atoms with Crippen molar-refractivity contribution in [2.75, 3.05) is 19.6 Å². The van der Waals surface area contributed by atoms with Crippen molar-refractivity contribution in [1.82, 2.24) is 4.90 Å². The monoisotopic (exact) mass is 411 g/mol. The standard InChI is InChI=1S/C21H33NO2.BrH/c1-3-5-6-7-8-14-22-15-12-21(13-16-22,20(24)4-2)18-10-9-11-19(23)17-18;/h9-11,17,23H,3-8,12-16H2,1-2H3;1H. The molecule has 4 heteroatoms. The van der Waals surface area contributed by atoms with Crippen molar-refractivity contribution >= 4 is 22.8 Å². The number of phenolic OH excluding ortho intramolecular Hbond substituents is 1. The summed E-state index contributed by atoms with van der Waals surface area (Å²) >= 11 is 0. The van der Waals surface area contributed by atoms with Crippen LogP contribution in [0.3, 0.4) is 0 Å². The third-order valence-electron chi connectivity index (χ3n) is 5.54. The van der Waals surface area contributed by atoms with Gasteiger partial charge in [-0.25, -0.2) is 0 Å². The highest BCUT2D eigenvalue weighted by Gasteiger charge is 2.41. The summed E-state index contributed by atoms with van der Waals surface area (Å²) in [5.41, 5.74) is 0.601. The smallest absolute Gasteiger partial charge is 0.143 e. The van der Waals surface area contributed by atoms with Gasteiger partial charge < -0.3 is 10.0 Å². The first-order valence-corrected chi connectivity index (χ1v) is 9.67. The van der Waals surface area contributed by atoms with Crippen molar-refractivity contribution < 1.29 is 9.90 Å². The minimum absolute atomic E-state index is 0. The van der Waals surface area contributed by atoms with Crippen LogP contribution >= 0.6 is 17.0 Å². The van der Waals surface area contributed by atoms with Crippen LogP contribution in [0.1, 0.15) is 70.8 Å². The molecule has 1 saturated heterocycles. The van der Waals surface area contributed by atoms with Crippen LogP contribution in [-0.4, -0.2) is 35.4 Å². The maximum absolute atomic E-state index is 12.7. The van der Waals surface area contributed by atoms with Gasteiger partial charge >= 0.3 is 0 Å². The van der Waals surface area contributed by atoms with E-state index < -0.39 is 5.41 Å².